The van der Waals surface area contributed by atoms with Crippen molar-refractivity contribution < 1.29 is 9.53 Å². The summed E-state index contributed by atoms with van der Waals surface area (Å²) in [6, 6.07) is 22.6. The zero-order chi connectivity index (χ0) is 18.6. The number of urea groups is 1. The van der Waals surface area contributed by atoms with Gasteiger partial charge in [-0.1, -0.05) is 24.3 Å². The van der Waals surface area contributed by atoms with Crippen LogP contribution in [0.5, 0.6) is 5.75 Å². The average molecular weight is 375 g/mol. The molecule has 2 amide bonds. The van der Waals surface area contributed by atoms with Crippen LogP contribution in [-0.2, 0) is 0 Å². The molecule has 3 aromatic carbocycles. The van der Waals surface area contributed by atoms with Gasteiger partial charge in [-0.05, 0) is 48.5 Å². The van der Waals surface area contributed by atoms with Gasteiger partial charge in [0.05, 0.1) is 23.0 Å². The van der Waals surface area contributed by atoms with E-state index in [1.807, 2.05) is 54.6 Å². The predicted octanol–water partition coefficient (Wildman–Crippen LogP) is 5.62. The number of hydrogen-bond acceptors (Lipinski definition) is 4. The molecule has 1 heterocycles. The highest BCUT2D eigenvalue weighted by Crippen LogP contribution is 2.30. The molecule has 0 saturated carbocycles. The predicted molar refractivity (Wildman–Crippen MR) is 111 cm³/mol. The summed E-state index contributed by atoms with van der Waals surface area (Å²) in [5.41, 5.74) is 3.33. The van der Waals surface area contributed by atoms with Gasteiger partial charge in [0, 0.05) is 11.3 Å². The summed E-state index contributed by atoms with van der Waals surface area (Å²) in [5, 5.41) is 6.57. The number of nitrogens with one attached hydrogen (secondary N) is 2. The highest BCUT2D eigenvalue weighted by Gasteiger charge is 2.09. The first-order valence-corrected chi connectivity index (χ1v) is 9.21. The molecule has 0 radical (unpaired) electrons. The molecule has 1 aromatic heterocycles. The second-order valence-corrected chi connectivity index (χ2v) is 6.87. The Kier molecular flexibility index (Phi) is 4.72. The van der Waals surface area contributed by atoms with Gasteiger partial charge in [-0.25, -0.2) is 9.78 Å². The zero-order valence-electron chi connectivity index (χ0n) is 14.6. The molecule has 0 aliphatic heterocycles. The Bertz CT molecular complexity index is 1060. The molecule has 27 heavy (non-hydrogen) atoms. The molecule has 0 unspecified atom stereocenters. The van der Waals surface area contributed by atoms with Crippen LogP contribution >= 0.6 is 11.3 Å². The van der Waals surface area contributed by atoms with Crippen LogP contribution in [0.15, 0.2) is 72.8 Å². The number of aromatic nitrogens is 1. The number of carbonyl (C=O) groups is 1. The second kappa shape index (κ2) is 7.47. The number of benzene rings is 3. The van der Waals surface area contributed by atoms with Crippen LogP contribution in [0.25, 0.3) is 20.8 Å². The number of carbonyl (C=O) groups excluding carboxylic acids is 1. The van der Waals surface area contributed by atoms with Crippen LogP contribution in [0.3, 0.4) is 0 Å². The number of rotatable bonds is 4. The summed E-state index contributed by atoms with van der Waals surface area (Å²) in [5.74, 6) is 0.610. The lowest BCUT2D eigenvalue weighted by Crippen LogP contribution is -2.19. The summed E-state index contributed by atoms with van der Waals surface area (Å²) >= 11 is 1.65. The number of ether oxygens (including phenoxy) is 1. The van der Waals surface area contributed by atoms with Crippen molar-refractivity contribution in [3.63, 3.8) is 0 Å². The Morgan fingerprint density at radius 2 is 1.67 bits per heavy atom. The lowest BCUT2D eigenvalue weighted by atomic mass is 10.2. The third-order valence-electron chi connectivity index (χ3n) is 4.04. The summed E-state index contributed by atoms with van der Waals surface area (Å²) in [7, 11) is 1.57. The van der Waals surface area contributed by atoms with Gasteiger partial charge >= 0.3 is 6.03 Å². The summed E-state index contributed by atoms with van der Waals surface area (Å²) in [6.45, 7) is 0. The third-order valence-corrected chi connectivity index (χ3v) is 5.12. The molecular weight excluding hydrogens is 358 g/mol. The molecule has 0 fully saturated rings. The van der Waals surface area contributed by atoms with Crippen molar-refractivity contribution in [1.82, 2.24) is 4.98 Å². The van der Waals surface area contributed by atoms with Crippen LogP contribution in [0.2, 0.25) is 0 Å². The van der Waals surface area contributed by atoms with Gasteiger partial charge < -0.3 is 15.4 Å². The maximum atomic E-state index is 12.2. The molecule has 134 valence electrons. The normalized spacial score (nSPS) is 10.6. The molecule has 4 rings (SSSR count). The van der Waals surface area contributed by atoms with E-state index in [9.17, 15) is 4.79 Å². The van der Waals surface area contributed by atoms with E-state index in [0.717, 1.165) is 20.8 Å². The minimum absolute atomic E-state index is 0.327. The number of thiazole rings is 1. The van der Waals surface area contributed by atoms with Crippen molar-refractivity contribution >= 4 is 39.0 Å². The lowest BCUT2D eigenvalue weighted by Gasteiger charge is -2.11. The number of methoxy groups -OCH3 is 1. The Hall–Kier alpha value is -3.38. The molecule has 0 atom stereocenters. The molecule has 0 aliphatic rings. The van der Waals surface area contributed by atoms with Crippen molar-refractivity contribution in [2.75, 3.05) is 17.7 Å². The molecule has 0 bridgehead atoms. The fraction of sp³-hybridized carbons (Fsp3) is 0.0476. The van der Waals surface area contributed by atoms with E-state index in [1.54, 1.807) is 30.6 Å². The lowest BCUT2D eigenvalue weighted by molar-refractivity contribution is 0.262. The van der Waals surface area contributed by atoms with Gasteiger partial charge in [0.2, 0.25) is 0 Å². The van der Waals surface area contributed by atoms with Gasteiger partial charge in [-0.2, -0.15) is 0 Å². The highest BCUT2D eigenvalue weighted by atomic mass is 32.1. The van der Waals surface area contributed by atoms with E-state index in [2.05, 4.69) is 21.7 Å². The van der Waals surface area contributed by atoms with Crippen molar-refractivity contribution in [3.8, 4) is 16.3 Å². The largest absolute Gasteiger partial charge is 0.495 e. The van der Waals surface area contributed by atoms with Crippen molar-refractivity contribution in [2.24, 2.45) is 0 Å². The fourth-order valence-electron chi connectivity index (χ4n) is 2.72. The van der Waals surface area contributed by atoms with Crippen LogP contribution in [0, 0.1) is 0 Å². The molecule has 4 aromatic rings. The van der Waals surface area contributed by atoms with E-state index in [-0.39, 0.29) is 6.03 Å². The topological polar surface area (TPSA) is 63.2 Å². The Labute approximate surface area is 160 Å². The molecule has 0 saturated heterocycles. The minimum atomic E-state index is -0.327. The molecular formula is C21H17N3O2S. The molecule has 5 nitrogen and oxygen atoms in total. The van der Waals surface area contributed by atoms with Gasteiger partial charge in [-0.3, -0.25) is 0 Å². The third kappa shape index (κ3) is 3.75. The van der Waals surface area contributed by atoms with Crippen LogP contribution < -0.4 is 15.4 Å². The maximum absolute atomic E-state index is 12.2. The van der Waals surface area contributed by atoms with Gasteiger partial charge in [-0.15, -0.1) is 11.3 Å². The van der Waals surface area contributed by atoms with Crippen molar-refractivity contribution in [2.45, 2.75) is 0 Å². The van der Waals surface area contributed by atoms with Gasteiger partial charge in [0.15, 0.2) is 0 Å². The van der Waals surface area contributed by atoms with Gasteiger partial charge in [0.25, 0.3) is 0 Å². The number of amides is 2. The molecule has 2 N–H and O–H groups in total. The average Bonchev–Trinajstić information content (AvgIpc) is 3.13. The van der Waals surface area contributed by atoms with E-state index >= 15 is 0 Å². The summed E-state index contributed by atoms with van der Waals surface area (Å²) < 4.78 is 6.40. The smallest absolute Gasteiger partial charge is 0.323 e. The van der Waals surface area contributed by atoms with Crippen LogP contribution in [0.4, 0.5) is 16.2 Å². The quantitative estimate of drug-likeness (QED) is 0.487. The van der Waals surface area contributed by atoms with Crippen molar-refractivity contribution in [1.29, 1.82) is 0 Å². The van der Waals surface area contributed by atoms with E-state index in [1.165, 1.54) is 0 Å². The molecule has 0 spiro atoms. The van der Waals surface area contributed by atoms with E-state index in [0.29, 0.717) is 17.1 Å². The van der Waals surface area contributed by atoms with Crippen molar-refractivity contribution in [3.05, 3.63) is 72.8 Å². The van der Waals surface area contributed by atoms with Gasteiger partial charge in [0.1, 0.15) is 10.8 Å². The number of nitrogens with zero attached hydrogens (tertiary/aromatic N) is 1. The Balaban J connectivity index is 1.46. The molecule has 6 heteroatoms. The Morgan fingerprint density at radius 1 is 0.926 bits per heavy atom. The minimum Gasteiger partial charge on any atom is -0.495 e. The van der Waals surface area contributed by atoms with E-state index in [4.69, 9.17) is 4.74 Å². The van der Waals surface area contributed by atoms with Crippen LogP contribution in [0.1, 0.15) is 0 Å². The first kappa shape index (κ1) is 17.1. The number of para-hydroxylation sites is 3. The number of hydrogen-bond donors (Lipinski definition) is 2. The summed E-state index contributed by atoms with van der Waals surface area (Å²) in [6.07, 6.45) is 0. The maximum Gasteiger partial charge on any atom is 0.323 e. The number of anilines is 2. The second-order valence-electron chi connectivity index (χ2n) is 5.84. The Morgan fingerprint density at radius 3 is 2.44 bits per heavy atom. The number of fused-ring (bicyclic) bond motifs is 1. The molecule has 0 aliphatic carbocycles. The van der Waals surface area contributed by atoms with E-state index < -0.39 is 0 Å². The first-order valence-electron chi connectivity index (χ1n) is 8.40. The zero-order valence-corrected chi connectivity index (χ0v) is 15.4. The fourth-order valence-corrected chi connectivity index (χ4v) is 3.70. The van der Waals surface area contributed by atoms with Crippen LogP contribution in [-0.4, -0.2) is 18.1 Å². The highest BCUT2D eigenvalue weighted by molar-refractivity contribution is 7.21. The summed E-state index contributed by atoms with van der Waals surface area (Å²) in [4.78, 5) is 16.9. The monoisotopic (exact) mass is 375 g/mol. The first-order chi connectivity index (χ1) is 13.2. The SMILES string of the molecule is COc1ccccc1NC(=O)Nc1ccc(-c2nc3ccccc3s2)cc1. The standard InChI is InChI=1S/C21H17N3O2S/c1-26-18-8-4-2-6-16(18)24-21(25)22-15-12-10-14(11-13-15)20-23-17-7-3-5-9-19(17)27-20/h2-13H,1H3,(H2,22,24,25).